The normalized spacial score (nSPS) is 10.9. The Labute approximate surface area is 172 Å². The van der Waals surface area contributed by atoms with Crippen LogP contribution in [-0.2, 0) is 13.7 Å². The van der Waals surface area contributed by atoms with Gasteiger partial charge in [0, 0.05) is 29.3 Å². The minimum atomic E-state index is -0.320. The van der Waals surface area contributed by atoms with E-state index in [0.717, 1.165) is 22.4 Å². The molecule has 0 spiro atoms. The van der Waals surface area contributed by atoms with Gasteiger partial charge in [0.05, 0.1) is 11.4 Å². The standard InChI is InChI=1S/C21H18ClN5O2/c1-14-5-3-7-19(27-21(28)26(2)24-25-27)17(14)13-29-20-8-4-6-18(23-20)15-9-11-16(22)12-10-15/h3-12H,13H2,1-2H3. The Morgan fingerprint density at radius 3 is 2.48 bits per heavy atom. The van der Waals surface area contributed by atoms with Crippen molar-refractivity contribution < 1.29 is 4.74 Å². The van der Waals surface area contributed by atoms with Crippen LogP contribution in [0, 0.1) is 6.92 Å². The van der Waals surface area contributed by atoms with E-state index in [9.17, 15) is 4.79 Å². The Morgan fingerprint density at radius 2 is 1.76 bits per heavy atom. The second kappa shape index (κ2) is 7.89. The second-order valence-electron chi connectivity index (χ2n) is 6.53. The largest absolute Gasteiger partial charge is 0.473 e. The van der Waals surface area contributed by atoms with Gasteiger partial charge in [-0.2, -0.15) is 9.36 Å². The molecule has 2 aromatic carbocycles. The average molecular weight is 408 g/mol. The van der Waals surface area contributed by atoms with Crippen LogP contribution in [-0.4, -0.2) is 24.8 Å². The van der Waals surface area contributed by atoms with Crippen LogP contribution in [0.4, 0.5) is 0 Å². The summed E-state index contributed by atoms with van der Waals surface area (Å²) in [7, 11) is 1.56. The third-order valence-corrected chi connectivity index (χ3v) is 4.82. The zero-order valence-electron chi connectivity index (χ0n) is 15.9. The Hall–Kier alpha value is -3.45. The molecule has 0 N–H and O–H groups in total. The maximum absolute atomic E-state index is 12.3. The fourth-order valence-electron chi connectivity index (χ4n) is 2.96. The predicted molar refractivity (Wildman–Crippen MR) is 110 cm³/mol. The summed E-state index contributed by atoms with van der Waals surface area (Å²) in [5.41, 5.74) is 3.87. The monoisotopic (exact) mass is 407 g/mol. The number of rotatable bonds is 5. The molecule has 0 aliphatic heterocycles. The van der Waals surface area contributed by atoms with E-state index in [1.807, 2.05) is 61.5 Å². The van der Waals surface area contributed by atoms with E-state index in [-0.39, 0.29) is 12.3 Å². The van der Waals surface area contributed by atoms with Gasteiger partial charge >= 0.3 is 5.69 Å². The van der Waals surface area contributed by atoms with E-state index < -0.39 is 0 Å². The molecule has 0 aliphatic carbocycles. The van der Waals surface area contributed by atoms with Crippen molar-refractivity contribution in [2.75, 3.05) is 0 Å². The molecule has 0 unspecified atom stereocenters. The smallest absolute Gasteiger partial charge is 0.368 e. The van der Waals surface area contributed by atoms with Crippen LogP contribution in [0.2, 0.25) is 5.02 Å². The number of hydrogen-bond acceptors (Lipinski definition) is 5. The van der Waals surface area contributed by atoms with Gasteiger partial charge in [-0.05, 0) is 47.2 Å². The maximum Gasteiger partial charge on any atom is 0.368 e. The van der Waals surface area contributed by atoms with Gasteiger partial charge in [0.1, 0.15) is 6.61 Å². The van der Waals surface area contributed by atoms with E-state index in [1.54, 1.807) is 13.1 Å². The van der Waals surface area contributed by atoms with Gasteiger partial charge in [0.25, 0.3) is 0 Å². The average Bonchev–Trinajstić information content (AvgIpc) is 3.06. The summed E-state index contributed by atoms with van der Waals surface area (Å²) in [6.45, 7) is 2.20. The molecule has 0 saturated carbocycles. The van der Waals surface area contributed by atoms with Crippen molar-refractivity contribution in [3.05, 3.63) is 87.3 Å². The van der Waals surface area contributed by atoms with E-state index >= 15 is 0 Å². The summed E-state index contributed by atoms with van der Waals surface area (Å²) in [5.74, 6) is 0.484. The minimum Gasteiger partial charge on any atom is -0.473 e. The number of tetrazole rings is 1. The first-order chi connectivity index (χ1) is 14.0. The van der Waals surface area contributed by atoms with E-state index in [1.165, 1.54) is 9.36 Å². The lowest BCUT2D eigenvalue weighted by Crippen LogP contribution is -2.23. The summed E-state index contributed by atoms with van der Waals surface area (Å²) in [5, 5.41) is 8.40. The minimum absolute atomic E-state index is 0.238. The fourth-order valence-corrected chi connectivity index (χ4v) is 3.09. The van der Waals surface area contributed by atoms with E-state index in [2.05, 4.69) is 15.4 Å². The molecule has 7 nitrogen and oxygen atoms in total. The Morgan fingerprint density at radius 1 is 1.00 bits per heavy atom. The van der Waals surface area contributed by atoms with Crippen LogP contribution in [0.5, 0.6) is 5.88 Å². The molecule has 0 atom stereocenters. The number of nitrogens with zero attached hydrogens (tertiary/aromatic N) is 5. The molecule has 0 amide bonds. The highest BCUT2D eigenvalue weighted by Gasteiger charge is 2.14. The lowest BCUT2D eigenvalue weighted by Gasteiger charge is -2.13. The molecule has 0 fully saturated rings. The van der Waals surface area contributed by atoms with Crippen LogP contribution in [0.1, 0.15) is 11.1 Å². The van der Waals surface area contributed by atoms with Crippen molar-refractivity contribution >= 4 is 11.6 Å². The third kappa shape index (κ3) is 3.90. The van der Waals surface area contributed by atoms with E-state index in [4.69, 9.17) is 16.3 Å². The Balaban J connectivity index is 1.62. The molecule has 2 aromatic heterocycles. The van der Waals surface area contributed by atoms with Crippen LogP contribution >= 0.6 is 11.6 Å². The first kappa shape index (κ1) is 18.9. The molecule has 146 valence electrons. The highest BCUT2D eigenvalue weighted by molar-refractivity contribution is 6.30. The fraction of sp³-hybridized carbons (Fsp3) is 0.143. The number of aromatic nitrogens is 5. The molecule has 0 aliphatic rings. The zero-order valence-corrected chi connectivity index (χ0v) is 16.7. The van der Waals surface area contributed by atoms with Gasteiger partial charge in [-0.1, -0.05) is 41.9 Å². The number of ether oxygens (including phenoxy) is 1. The summed E-state index contributed by atoms with van der Waals surface area (Å²) < 4.78 is 8.41. The van der Waals surface area contributed by atoms with Gasteiger partial charge in [-0.3, -0.25) is 0 Å². The van der Waals surface area contributed by atoms with Crippen LogP contribution in [0.25, 0.3) is 16.9 Å². The lowest BCUT2D eigenvalue weighted by molar-refractivity contribution is 0.293. The van der Waals surface area contributed by atoms with Crippen molar-refractivity contribution in [2.45, 2.75) is 13.5 Å². The number of aryl methyl sites for hydroxylation is 2. The summed E-state index contributed by atoms with van der Waals surface area (Å²) in [4.78, 5) is 16.8. The van der Waals surface area contributed by atoms with Gasteiger partial charge < -0.3 is 4.74 Å². The van der Waals surface area contributed by atoms with Gasteiger partial charge in [-0.25, -0.2) is 9.78 Å². The highest BCUT2D eigenvalue weighted by Crippen LogP contribution is 2.23. The molecule has 8 heteroatoms. The molecule has 4 aromatic rings. The molecular formula is C21H18ClN5O2. The number of pyridine rings is 1. The molecule has 0 bridgehead atoms. The van der Waals surface area contributed by atoms with Gasteiger partial charge in [0.15, 0.2) is 0 Å². The number of hydrogen-bond donors (Lipinski definition) is 0. The molecule has 29 heavy (non-hydrogen) atoms. The Kier molecular flexibility index (Phi) is 5.14. The van der Waals surface area contributed by atoms with Crippen molar-refractivity contribution in [3.63, 3.8) is 0 Å². The second-order valence-corrected chi connectivity index (χ2v) is 6.96. The van der Waals surface area contributed by atoms with Crippen LogP contribution in [0.3, 0.4) is 0 Å². The van der Waals surface area contributed by atoms with Gasteiger partial charge in [-0.15, -0.1) is 0 Å². The number of benzene rings is 2. The van der Waals surface area contributed by atoms with Crippen LogP contribution in [0.15, 0.2) is 65.5 Å². The topological polar surface area (TPSA) is 74.8 Å². The zero-order chi connectivity index (χ0) is 20.4. The summed E-state index contributed by atoms with van der Waals surface area (Å²) in [6.07, 6.45) is 0. The number of halogens is 1. The van der Waals surface area contributed by atoms with Crippen LogP contribution < -0.4 is 10.4 Å². The summed E-state index contributed by atoms with van der Waals surface area (Å²) >= 11 is 5.96. The van der Waals surface area contributed by atoms with E-state index in [0.29, 0.717) is 16.6 Å². The predicted octanol–water partition coefficient (Wildman–Crippen LogP) is 3.57. The first-order valence-electron chi connectivity index (χ1n) is 8.96. The summed E-state index contributed by atoms with van der Waals surface area (Å²) in [6, 6.07) is 18.7. The van der Waals surface area contributed by atoms with Gasteiger partial charge in [0.2, 0.25) is 5.88 Å². The molecular weight excluding hydrogens is 390 g/mol. The first-order valence-corrected chi connectivity index (χ1v) is 9.34. The maximum atomic E-state index is 12.3. The highest BCUT2D eigenvalue weighted by atomic mass is 35.5. The van der Waals surface area contributed by atoms with Crippen molar-refractivity contribution in [1.29, 1.82) is 0 Å². The molecule has 4 rings (SSSR count). The van der Waals surface area contributed by atoms with Crippen molar-refractivity contribution in [1.82, 2.24) is 24.8 Å². The molecule has 0 radical (unpaired) electrons. The van der Waals surface area contributed by atoms with Crippen molar-refractivity contribution in [2.24, 2.45) is 7.05 Å². The SMILES string of the molecule is Cc1cccc(-n2nnn(C)c2=O)c1COc1cccc(-c2ccc(Cl)cc2)n1. The third-order valence-electron chi connectivity index (χ3n) is 4.56. The molecule has 2 heterocycles. The molecule has 0 saturated heterocycles. The lowest BCUT2D eigenvalue weighted by atomic mass is 10.1. The quantitative estimate of drug-likeness (QED) is 0.505. The van der Waals surface area contributed by atoms with Crippen molar-refractivity contribution in [3.8, 4) is 22.8 Å². The Bertz CT molecular complexity index is 1210.